The van der Waals surface area contributed by atoms with Crippen LogP contribution in [0.15, 0.2) is 18.5 Å². The Balaban J connectivity index is 3.03. The number of hydrogen-bond donors (Lipinski definition) is 3. The number of hydrogen-bond acceptors (Lipinski definition) is 5. The van der Waals surface area contributed by atoms with E-state index in [-0.39, 0.29) is 38.8 Å². The van der Waals surface area contributed by atoms with Gasteiger partial charge in [-0.1, -0.05) is 11.8 Å². The van der Waals surface area contributed by atoms with Crippen molar-refractivity contribution in [2.75, 3.05) is 32.9 Å². The van der Waals surface area contributed by atoms with Crippen molar-refractivity contribution in [2.24, 2.45) is 0 Å². The number of carbonyl (C=O) groups is 1. The molecule has 1 aromatic heterocycles. The minimum Gasteiger partial charge on any atom is -0.395 e. The van der Waals surface area contributed by atoms with Gasteiger partial charge in [0.05, 0.1) is 24.3 Å². The van der Waals surface area contributed by atoms with E-state index in [9.17, 15) is 4.79 Å². The summed E-state index contributed by atoms with van der Waals surface area (Å²) in [6.45, 7) is -0.411. The lowest BCUT2D eigenvalue weighted by Crippen LogP contribution is -2.36. The van der Waals surface area contributed by atoms with Crippen LogP contribution in [0.2, 0.25) is 0 Å². The molecule has 0 bridgehead atoms. The number of nitrogens with zero attached hydrogens (tertiary/aromatic N) is 2. The molecule has 1 rings (SSSR count). The van der Waals surface area contributed by atoms with Crippen LogP contribution in [0.3, 0.4) is 0 Å². The standard InChI is InChI=1S/C13H16N2O4/c16-7-1-2-11-10-14-4-3-12(11)13(19)15(5-8-17)6-9-18/h3-4,10,16-18H,5-9H2. The maximum absolute atomic E-state index is 12.3. The van der Waals surface area contributed by atoms with E-state index in [1.807, 2.05) is 0 Å². The lowest BCUT2D eigenvalue weighted by Gasteiger charge is -2.21. The summed E-state index contributed by atoms with van der Waals surface area (Å²) in [4.78, 5) is 17.5. The van der Waals surface area contributed by atoms with Gasteiger partial charge in [0.2, 0.25) is 0 Å². The number of aromatic nitrogens is 1. The van der Waals surface area contributed by atoms with Gasteiger partial charge in [-0.15, -0.1) is 0 Å². The summed E-state index contributed by atoms with van der Waals surface area (Å²) >= 11 is 0. The molecular weight excluding hydrogens is 248 g/mol. The van der Waals surface area contributed by atoms with Gasteiger partial charge in [0, 0.05) is 25.5 Å². The summed E-state index contributed by atoms with van der Waals surface area (Å²) in [6, 6.07) is 1.52. The molecule has 0 atom stereocenters. The molecule has 0 saturated heterocycles. The zero-order chi connectivity index (χ0) is 14.1. The molecule has 0 spiro atoms. The minimum absolute atomic E-state index is 0.134. The van der Waals surface area contributed by atoms with E-state index >= 15 is 0 Å². The van der Waals surface area contributed by atoms with Crippen LogP contribution in [0.1, 0.15) is 15.9 Å². The normalized spacial score (nSPS) is 9.63. The lowest BCUT2D eigenvalue weighted by molar-refractivity contribution is 0.0684. The van der Waals surface area contributed by atoms with Crippen molar-refractivity contribution < 1.29 is 20.1 Å². The average Bonchev–Trinajstić information content (AvgIpc) is 2.44. The summed E-state index contributed by atoms with van der Waals surface area (Å²) in [7, 11) is 0. The molecule has 0 unspecified atom stereocenters. The van der Waals surface area contributed by atoms with Crippen molar-refractivity contribution in [3.8, 4) is 11.8 Å². The van der Waals surface area contributed by atoms with Gasteiger partial charge in [-0.3, -0.25) is 9.78 Å². The van der Waals surface area contributed by atoms with E-state index in [2.05, 4.69) is 16.8 Å². The maximum Gasteiger partial charge on any atom is 0.255 e. The predicted molar refractivity (Wildman–Crippen MR) is 68.3 cm³/mol. The second-order valence-corrected chi connectivity index (χ2v) is 3.62. The highest BCUT2D eigenvalue weighted by Crippen LogP contribution is 2.09. The van der Waals surface area contributed by atoms with Crippen LogP contribution in [0.4, 0.5) is 0 Å². The van der Waals surface area contributed by atoms with E-state index in [0.29, 0.717) is 11.1 Å². The van der Waals surface area contributed by atoms with Gasteiger partial charge >= 0.3 is 0 Å². The average molecular weight is 264 g/mol. The van der Waals surface area contributed by atoms with E-state index in [4.69, 9.17) is 15.3 Å². The Labute approximate surface area is 111 Å². The van der Waals surface area contributed by atoms with Gasteiger partial charge in [0.25, 0.3) is 5.91 Å². The van der Waals surface area contributed by atoms with E-state index in [0.717, 1.165) is 0 Å². The van der Waals surface area contributed by atoms with Crippen molar-refractivity contribution >= 4 is 5.91 Å². The number of aliphatic hydroxyl groups excluding tert-OH is 3. The second-order valence-electron chi connectivity index (χ2n) is 3.62. The molecule has 1 heterocycles. The van der Waals surface area contributed by atoms with Crippen molar-refractivity contribution in [1.82, 2.24) is 9.88 Å². The first kappa shape index (κ1) is 15.1. The Kier molecular flexibility index (Phi) is 6.53. The van der Waals surface area contributed by atoms with Crippen LogP contribution in [-0.4, -0.2) is 64.0 Å². The summed E-state index contributed by atoms with van der Waals surface area (Å²) < 4.78 is 0. The number of amides is 1. The van der Waals surface area contributed by atoms with Crippen LogP contribution in [0.25, 0.3) is 0 Å². The first-order valence-electron chi connectivity index (χ1n) is 5.79. The summed E-state index contributed by atoms with van der Waals surface area (Å²) in [6.07, 6.45) is 2.90. The highest BCUT2D eigenvalue weighted by Gasteiger charge is 2.17. The molecule has 102 valence electrons. The first-order chi connectivity index (χ1) is 9.24. The van der Waals surface area contributed by atoms with Crippen molar-refractivity contribution in [3.63, 3.8) is 0 Å². The fraction of sp³-hybridized carbons (Fsp3) is 0.385. The Hall–Kier alpha value is -1.94. The van der Waals surface area contributed by atoms with Gasteiger partial charge in [-0.25, -0.2) is 0 Å². The molecule has 0 aliphatic heterocycles. The van der Waals surface area contributed by atoms with Gasteiger partial charge in [-0.05, 0) is 6.07 Å². The molecule has 0 aliphatic carbocycles. The molecule has 6 nitrogen and oxygen atoms in total. The number of aliphatic hydroxyl groups is 3. The van der Waals surface area contributed by atoms with Gasteiger partial charge in [0.1, 0.15) is 6.61 Å². The molecule has 1 amide bonds. The van der Waals surface area contributed by atoms with Crippen molar-refractivity contribution in [2.45, 2.75) is 0 Å². The Morgan fingerprint density at radius 3 is 2.53 bits per heavy atom. The third-order valence-corrected chi connectivity index (χ3v) is 2.38. The van der Waals surface area contributed by atoms with Crippen LogP contribution in [0, 0.1) is 11.8 Å². The molecule has 0 aliphatic rings. The monoisotopic (exact) mass is 264 g/mol. The van der Waals surface area contributed by atoms with Crippen molar-refractivity contribution in [3.05, 3.63) is 29.6 Å². The van der Waals surface area contributed by atoms with Crippen LogP contribution < -0.4 is 0 Å². The Bertz CT molecular complexity index is 473. The molecule has 0 aromatic carbocycles. The zero-order valence-corrected chi connectivity index (χ0v) is 10.4. The quantitative estimate of drug-likeness (QED) is 0.584. The fourth-order valence-electron chi connectivity index (χ4n) is 1.54. The molecule has 1 aromatic rings. The maximum atomic E-state index is 12.3. The van der Waals surface area contributed by atoms with Gasteiger partial charge in [-0.2, -0.15) is 0 Å². The Morgan fingerprint density at radius 1 is 1.26 bits per heavy atom. The first-order valence-corrected chi connectivity index (χ1v) is 5.79. The fourth-order valence-corrected chi connectivity index (χ4v) is 1.54. The molecular formula is C13H16N2O4. The summed E-state index contributed by atoms with van der Waals surface area (Å²) in [5.74, 6) is 4.77. The van der Waals surface area contributed by atoms with Crippen LogP contribution >= 0.6 is 0 Å². The minimum atomic E-state index is -0.340. The molecule has 0 radical (unpaired) electrons. The largest absolute Gasteiger partial charge is 0.395 e. The molecule has 6 heteroatoms. The topological polar surface area (TPSA) is 93.9 Å². The summed E-state index contributed by atoms with van der Waals surface area (Å²) in [5, 5.41) is 26.5. The van der Waals surface area contributed by atoms with Gasteiger partial charge < -0.3 is 20.2 Å². The third-order valence-electron chi connectivity index (χ3n) is 2.38. The SMILES string of the molecule is O=C(c1ccncc1C#CCO)N(CCO)CCO. The zero-order valence-electron chi connectivity index (χ0n) is 10.4. The highest BCUT2D eigenvalue weighted by molar-refractivity contribution is 5.96. The van der Waals surface area contributed by atoms with Crippen LogP contribution in [0.5, 0.6) is 0 Å². The molecule has 0 fully saturated rings. The smallest absolute Gasteiger partial charge is 0.255 e. The number of rotatable bonds is 5. The lowest BCUT2D eigenvalue weighted by atomic mass is 10.1. The molecule has 19 heavy (non-hydrogen) atoms. The second kappa shape index (κ2) is 8.21. The highest BCUT2D eigenvalue weighted by atomic mass is 16.3. The molecule has 0 saturated carbocycles. The molecule has 3 N–H and O–H groups in total. The predicted octanol–water partition coefficient (Wildman–Crippen LogP) is -1.15. The summed E-state index contributed by atoms with van der Waals surface area (Å²) in [5.41, 5.74) is 0.736. The Morgan fingerprint density at radius 2 is 1.95 bits per heavy atom. The third kappa shape index (κ3) is 4.34. The van der Waals surface area contributed by atoms with Crippen molar-refractivity contribution in [1.29, 1.82) is 0 Å². The van der Waals surface area contributed by atoms with E-state index in [1.165, 1.54) is 23.4 Å². The number of pyridine rings is 1. The van der Waals surface area contributed by atoms with Gasteiger partial charge in [0.15, 0.2) is 0 Å². The van der Waals surface area contributed by atoms with Crippen LogP contribution in [-0.2, 0) is 0 Å². The van der Waals surface area contributed by atoms with E-state index in [1.54, 1.807) is 0 Å². The van der Waals surface area contributed by atoms with E-state index < -0.39 is 0 Å². The number of carbonyl (C=O) groups excluding carboxylic acids is 1.